The van der Waals surface area contributed by atoms with Gasteiger partial charge in [0, 0.05) is 17.0 Å². The second kappa shape index (κ2) is 7.06. The van der Waals surface area contributed by atoms with Crippen molar-refractivity contribution >= 4 is 11.8 Å². The van der Waals surface area contributed by atoms with E-state index >= 15 is 0 Å². The third-order valence-corrected chi connectivity index (χ3v) is 4.85. The van der Waals surface area contributed by atoms with E-state index in [2.05, 4.69) is 36.1 Å². The molecule has 1 aromatic rings. The van der Waals surface area contributed by atoms with Gasteiger partial charge in [-0.15, -0.1) is 0 Å². The van der Waals surface area contributed by atoms with Crippen LogP contribution in [0, 0.1) is 0 Å². The predicted octanol–water partition coefficient (Wildman–Crippen LogP) is 2.73. The molecule has 2 atom stereocenters. The molecule has 3 nitrogen and oxygen atoms in total. The SMILES string of the molecule is COc1ccc(CCNC2CSC(C)C2)cc1OC. The lowest BCUT2D eigenvalue weighted by Gasteiger charge is -2.13. The van der Waals surface area contributed by atoms with Gasteiger partial charge in [-0.25, -0.2) is 0 Å². The first kappa shape index (κ1) is 14.5. The number of thioether (sulfide) groups is 1. The maximum Gasteiger partial charge on any atom is 0.160 e. The molecule has 1 heterocycles. The Hall–Kier alpha value is -0.870. The number of hydrogen-bond donors (Lipinski definition) is 1. The van der Waals surface area contributed by atoms with Gasteiger partial charge in [-0.05, 0) is 37.1 Å². The molecule has 0 aromatic heterocycles. The Morgan fingerprint density at radius 3 is 2.68 bits per heavy atom. The summed E-state index contributed by atoms with van der Waals surface area (Å²) in [6, 6.07) is 6.82. The molecule has 0 amide bonds. The van der Waals surface area contributed by atoms with Crippen molar-refractivity contribution in [2.24, 2.45) is 0 Å². The van der Waals surface area contributed by atoms with Crippen molar-refractivity contribution in [3.63, 3.8) is 0 Å². The van der Waals surface area contributed by atoms with Gasteiger partial charge in [0.05, 0.1) is 14.2 Å². The summed E-state index contributed by atoms with van der Waals surface area (Å²) in [6.45, 7) is 3.33. The maximum absolute atomic E-state index is 5.32. The van der Waals surface area contributed by atoms with Crippen molar-refractivity contribution in [2.75, 3.05) is 26.5 Å². The summed E-state index contributed by atoms with van der Waals surface area (Å²) in [5.41, 5.74) is 1.28. The molecule has 1 aliphatic heterocycles. The van der Waals surface area contributed by atoms with Crippen molar-refractivity contribution in [1.82, 2.24) is 5.32 Å². The summed E-state index contributed by atoms with van der Waals surface area (Å²) < 4.78 is 10.6. The first-order valence-corrected chi connectivity index (χ1v) is 7.83. The fourth-order valence-electron chi connectivity index (χ4n) is 2.42. The summed E-state index contributed by atoms with van der Waals surface area (Å²) in [7, 11) is 3.34. The zero-order valence-corrected chi connectivity index (χ0v) is 12.8. The van der Waals surface area contributed by atoms with Crippen LogP contribution >= 0.6 is 11.8 Å². The number of nitrogens with one attached hydrogen (secondary N) is 1. The standard InChI is InChI=1S/C15H23NO2S/c1-11-8-13(10-19-11)16-7-6-12-4-5-14(17-2)15(9-12)18-3/h4-5,9,11,13,16H,6-8,10H2,1-3H3. The number of methoxy groups -OCH3 is 2. The van der Waals surface area contributed by atoms with E-state index in [-0.39, 0.29) is 0 Å². The third-order valence-electron chi connectivity index (χ3n) is 3.49. The van der Waals surface area contributed by atoms with Crippen LogP contribution in [0.1, 0.15) is 18.9 Å². The average molecular weight is 281 g/mol. The van der Waals surface area contributed by atoms with E-state index in [0.29, 0.717) is 6.04 Å². The molecule has 1 aromatic carbocycles. The minimum absolute atomic E-state index is 0.681. The largest absolute Gasteiger partial charge is 0.493 e. The molecule has 0 saturated carbocycles. The van der Waals surface area contributed by atoms with E-state index in [1.165, 1.54) is 17.7 Å². The molecule has 106 valence electrons. The maximum atomic E-state index is 5.32. The summed E-state index contributed by atoms with van der Waals surface area (Å²) in [5, 5.41) is 4.44. The highest BCUT2D eigenvalue weighted by molar-refractivity contribution is 8.00. The number of benzene rings is 1. The fourth-order valence-corrected chi connectivity index (χ4v) is 3.60. The van der Waals surface area contributed by atoms with Crippen molar-refractivity contribution in [2.45, 2.75) is 31.1 Å². The first-order valence-electron chi connectivity index (χ1n) is 6.79. The molecule has 2 rings (SSSR count). The minimum atomic E-state index is 0.681. The van der Waals surface area contributed by atoms with Gasteiger partial charge >= 0.3 is 0 Å². The Bertz CT molecular complexity index is 411. The predicted molar refractivity (Wildman–Crippen MR) is 81.6 cm³/mol. The van der Waals surface area contributed by atoms with Gasteiger partial charge in [-0.2, -0.15) is 11.8 Å². The molecular weight excluding hydrogens is 258 g/mol. The number of ether oxygens (including phenoxy) is 2. The van der Waals surface area contributed by atoms with Gasteiger partial charge in [0.25, 0.3) is 0 Å². The summed E-state index contributed by atoms with van der Waals surface area (Å²) in [6.07, 6.45) is 2.31. The van der Waals surface area contributed by atoms with Gasteiger partial charge < -0.3 is 14.8 Å². The Kier molecular flexibility index (Phi) is 5.40. The monoisotopic (exact) mass is 281 g/mol. The quantitative estimate of drug-likeness (QED) is 0.868. The molecule has 0 radical (unpaired) electrons. The van der Waals surface area contributed by atoms with Crippen LogP contribution in [0.3, 0.4) is 0 Å². The van der Waals surface area contributed by atoms with Crippen LogP contribution in [0.4, 0.5) is 0 Å². The van der Waals surface area contributed by atoms with Gasteiger partial charge in [-0.3, -0.25) is 0 Å². The molecule has 2 unspecified atom stereocenters. The molecule has 0 aliphatic carbocycles. The molecule has 1 N–H and O–H groups in total. The second-order valence-corrected chi connectivity index (χ2v) is 6.44. The van der Waals surface area contributed by atoms with E-state index in [9.17, 15) is 0 Å². The van der Waals surface area contributed by atoms with Crippen molar-refractivity contribution < 1.29 is 9.47 Å². The Labute approximate surface area is 120 Å². The Morgan fingerprint density at radius 1 is 1.26 bits per heavy atom. The first-order chi connectivity index (χ1) is 9.22. The van der Waals surface area contributed by atoms with Crippen LogP contribution in [-0.2, 0) is 6.42 Å². The lowest BCUT2D eigenvalue weighted by molar-refractivity contribution is 0.354. The van der Waals surface area contributed by atoms with Gasteiger partial charge in [-0.1, -0.05) is 13.0 Å². The zero-order valence-electron chi connectivity index (χ0n) is 11.9. The molecular formula is C15H23NO2S. The van der Waals surface area contributed by atoms with Crippen LogP contribution < -0.4 is 14.8 Å². The normalized spacial score (nSPS) is 22.5. The van der Waals surface area contributed by atoms with E-state index in [0.717, 1.165) is 29.7 Å². The molecule has 19 heavy (non-hydrogen) atoms. The van der Waals surface area contributed by atoms with Crippen molar-refractivity contribution in [3.05, 3.63) is 23.8 Å². The number of rotatable bonds is 6. The average Bonchev–Trinajstić information content (AvgIpc) is 2.84. The Morgan fingerprint density at radius 2 is 2.05 bits per heavy atom. The van der Waals surface area contributed by atoms with E-state index in [1.807, 2.05) is 6.07 Å². The lowest BCUT2D eigenvalue weighted by atomic mass is 10.1. The lowest BCUT2D eigenvalue weighted by Crippen LogP contribution is -2.30. The van der Waals surface area contributed by atoms with Crippen LogP contribution in [0.2, 0.25) is 0 Å². The van der Waals surface area contributed by atoms with E-state index in [4.69, 9.17) is 9.47 Å². The minimum Gasteiger partial charge on any atom is -0.493 e. The van der Waals surface area contributed by atoms with E-state index in [1.54, 1.807) is 14.2 Å². The molecule has 4 heteroatoms. The summed E-state index contributed by atoms with van der Waals surface area (Å²) in [5.74, 6) is 2.85. The van der Waals surface area contributed by atoms with Crippen LogP contribution in [0.25, 0.3) is 0 Å². The molecule has 1 fully saturated rings. The van der Waals surface area contributed by atoms with Crippen LogP contribution in [0.15, 0.2) is 18.2 Å². The van der Waals surface area contributed by atoms with Crippen LogP contribution in [-0.4, -0.2) is 37.8 Å². The number of hydrogen-bond acceptors (Lipinski definition) is 4. The van der Waals surface area contributed by atoms with Gasteiger partial charge in [0.15, 0.2) is 11.5 Å². The van der Waals surface area contributed by atoms with Crippen LogP contribution in [0.5, 0.6) is 11.5 Å². The summed E-state index contributed by atoms with van der Waals surface area (Å²) >= 11 is 2.06. The molecule has 1 saturated heterocycles. The van der Waals surface area contributed by atoms with Crippen molar-refractivity contribution in [1.29, 1.82) is 0 Å². The second-order valence-electron chi connectivity index (χ2n) is 4.97. The Balaban J connectivity index is 1.82. The van der Waals surface area contributed by atoms with Gasteiger partial charge in [0.1, 0.15) is 0 Å². The fraction of sp³-hybridized carbons (Fsp3) is 0.600. The highest BCUT2D eigenvalue weighted by Crippen LogP contribution is 2.28. The van der Waals surface area contributed by atoms with E-state index < -0.39 is 0 Å². The smallest absolute Gasteiger partial charge is 0.160 e. The molecule has 1 aliphatic rings. The molecule has 0 bridgehead atoms. The highest BCUT2D eigenvalue weighted by atomic mass is 32.2. The molecule has 0 spiro atoms. The topological polar surface area (TPSA) is 30.5 Å². The third kappa shape index (κ3) is 4.05. The van der Waals surface area contributed by atoms with Gasteiger partial charge in [0.2, 0.25) is 0 Å². The van der Waals surface area contributed by atoms with Crippen molar-refractivity contribution in [3.8, 4) is 11.5 Å². The highest BCUT2D eigenvalue weighted by Gasteiger charge is 2.20. The zero-order chi connectivity index (χ0) is 13.7. The summed E-state index contributed by atoms with van der Waals surface area (Å²) in [4.78, 5) is 0.